The average Bonchev–Trinajstić information content (AvgIpc) is 3.35. The summed E-state index contributed by atoms with van der Waals surface area (Å²) in [5.74, 6) is -0.156. The number of carbonyl (C=O) groups is 2. The molecule has 2 aliphatic heterocycles. The molecule has 0 saturated carbocycles. The number of amides is 2. The van der Waals surface area contributed by atoms with Gasteiger partial charge in [0.15, 0.2) is 0 Å². The normalized spacial score (nSPS) is 16.0. The Hall–Kier alpha value is -3.20. The van der Waals surface area contributed by atoms with Crippen molar-refractivity contribution in [3.63, 3.8) is 0 Å². The fourth-order valence-electron chi connectivity index (χ4n) is 5.07. The Labute approximate surface area is 222 Å². The van der Waals surface area contributed by atoms with Crippen molar-refractivity contribution in [3.8, 4) is 0 Å². The highest BCUT2D eigenvalue weighted by Gasteiger charge is 2.26. The van der Waals surface area contributed by atoms with Crippen LogP contribution in [0.1, 0.15) is 41.6 Å². The van der Waals surface area contributed by atoms with Crippen molar-refractivity contribution < 1.29 is 14.7 Å². The number of fused-ring (bicyclic) bond motifs is 2. The van der Waals surface area contributed by atoms with Crippen LogP contribution >= 0.6 is 11.3 Å². The molecule has 194 valence electrons. The number of carbonyl (C=O) groups excluding carboxylic acids is 2. The summed E-state index contributed by atoms with van der Waals surface area (Å²) >= 11 is 1.49. The Morgan fingerprint density at radius 3 is 2.51 bits per heavy atom. The van der Waals surface area contributed by atoms with Crippen molar-refractivity contribution in [1.29, 1.82) is 0 Å². The molecule has 0 saturated heterocycles. The highest BCUT2D eigenvalue weighted by atomic mass is 32.1. The zero-order valence-electron chi connectivity index (χ0n) is 21.4. The van der Waals surface area contributed by atoms with Crippen LogP contribution in [-0.2, 0) is 25.9 Å². The lowest BCUT2D eigenvalue weighted by atomic mass is 10.00. The van der Waals surface area contributed by atoms with Gasteiger partial charge < -0.3 is 20.2 Å². The van der Waals surface area contributed by atoms with Crippen molar-refractivity contribution in [3.05, 3.63) is 86.6 Å². The third kappa shape index (κ3) is 5.87. The Morgan fingerprint density at radius 2 is 1.76 bits per heavy atom. The van der Waals surface area contributed by atoms with Crippen LogP contribution in [-0.4, -0.2) is 73.1 Å². The fraction of sp³-hybridized carbons (Fsp3) is 0.379. The predicted octanol–water partition coefficient (Wildman–Crippen LogP) is 3.16. The van der Waals surface area contributed by atoms with Gasteiger partial charge in [-0.1, -0.05) is 24.3 Å². The molecule has 3 aromatic rings. The molecule has 0 radical (unpaired) electrons. The first-order chi connectivity index (χ1) is 17.9. The number of β-amino-alcohol motifs (C(OH)–C–C–N with tert-alkyl or cyclic N) is 1. The number of benzene rings is 2. The summed E-state index contributed by atoms with van der Waals surface area (Å²) in [7, 11) is 3.95. The Balaban J connectivity index is 1.13. The van der Waals surface area contributed by atoms with E-state index in [1.54, 1.807) is 0 Å². The van der Waals surface area contributed by atoms with Crippen LogP contribution in [0.5, 0.6) is 0 Å². The molecule has 1 unspecified atom stereocenters. The second kappa shape index (κ2) is 11.0. The van der Waals surface area contributed by atoms with Crippen molar-refractivity contribution >= 4 is 28.8 Å². The highest BCUT2D eigenvalue weighted by Crippen LogP contribution is 2.29. The van der Waals surface area contributed by atoms with E-state index in [1.165, 1.54) is 22.5 Å². The summed E-state index contributed by atoms with van der Waals surface area (Å²) in [4.78, 5) is 33.8. The second-order valence-corrected chi connectivity index (χ2v) is 11.2. The quantitative estimate of drug-likeness (QED) is 0.503. The second-order valence-electron chi connectivity index (χ2n) is 10.1. The third-order valence-electron chi connectivity index (χ3n) is 7.19. The highest BCUT2D eigenvalue weighted by molar-refractivity contribution is 7.14. The molecule has 3 heterocycles. The number of thiophene rings is 1. The van der Waals surface area contributed by atoms with Gasteiger partial charge >= 0.3 is 0 Å². The summed E-state index contributed by atoms with van der Waals surface area (Å²) in [5.41, 5.74) is 5.45. The Morgan fingerprint density at radius 1 is 1.00 bits per heavy atom. The molecular formula is C29H34N4O3S. The topological polar surface area (TPSA) is 76.1 Å². The van der Waals surface area contributed by atoms with Crippen LogP contribution in [0.4, 0.5) is 5.69 Å². The molecule has 2 amide bonds. The SMILES string of the molecule is CN(C)c1ccc(C(=O)N2CCc3sc(C(=O)NCC(O)CN4CCc5ccccc5C4)cc3C2)cc1. The molecule has 0 spiro atoms. The summed E-state index contributed by atoms with van der Waals surface area (Å²) in [6.07, 6.45) is 1.10. The third-order valence-corrected chi connectivity index (χ3v) is 8.42. The molecule has 2 aromatic carbocycles. The van der Waals surface area contributed by atoms with Crippen LogP contribution < -0.4 is 10.2 Å². The summed E-state index contributed by atoms with van der Waals surface area (Å²) in [6.45, 7) is 3.63. The van der Waals surface area contributed by atoms with Crippen molar-refractivity contribution in [2.75, 3.05) is 45.2 Å². The standard InChI is InChI=1S/C29H34N4O3S/c1-31(2)24-9-7-21(8-10-24)29(36)33-14-12-26-23(18-33)15-27(37-26)28(35)30-16-25(34)19-32-13-11-20-5-3-4-6-22(20)17-32/h3-10,15,25,34H,11-14,16-19H2,1-2H3,(H,30,35). The molecule has 2 aliphatic rings. The molecule has 1 atom stereocenters. The van der Waals surface area contributed by atoms with E-state index in [0.717, 1.165) is 42.1 Å². The summed E-state index contributed by atoms with van der Waals surface area (Å²) in [5, 5.41) is 13.5. The van der Waals surface area contributed by atoms with Gasteiger partial charge in [-0.2, -0.15) is 0 Å². The van der Waals surface area contributed by atoms with E-state index in [1.807, 2.05) is 54.2 Å². The smallest absolute Gasteiger partial charge is 0.261 e. The minimum atomic E-state index is -0.629. The van der Waals surface area contributed by atoms with Gasteiger partial charge in [-0.15, -0.1) is 11.3 Å². The van der Waals surface area contributed by atoms with E-state index < -0.39 is 6.10 Å². The maximum absolute atomic E-state index is 13.0. The van der Waals surface area contributed by atoms with E-state index in [9.17, 15) is 14.7 Å². The van der Waals surface area contributed by atoms with Crippen LogP contribution in [0.25, 0.3) is 0 Å². The maximum atomic E-state index is 13.0. The van der Waals surface area contributed by atoms with E-state index in [-0.39, 0.29) is 18.4 Å². The summed E-state index contributed by atoms with van der Waals surface area (Å²) < 4.78 is 0. The first-order valence-electron chi connectivity index (χ1n) is 12.8. The predicted molar refractivity (Wildman–Crippen MR) is 147 cm³/mol. The zero-order valence-corrected chi connectivity index (χ0v) is 22.3. The molecule has 7 nitrogen and oxygen atoms in total. The lowest BCUT2D eigenvalue weighted by Gasteiger charge is -2.30. The van der Waals surface area contributed by atoms with Gasteiger partial charge in [0.2, 0.25) is 0 Å². The largest absolute Gasteiger partial charge is 0.390 e. The number of nitrogens with zero attached hydrogens (tertiary/aromatic N) is 3. The van der Waals surface area contributed by atoms with Gasteiger partial charge in [0, 0.05) is 69.5 Å². The van der Waals surface area contributed by atoms with Gasteiger partial charge in [-0.05, 0) is 59.9 Å². The number of aliphatic hydroxyl groups is 1. The van der Waals surface area contributed by atoms with Crippen molar-refractivity contribution in [1.82, 2.24) is 15.1 Å². The van der Waals surface area contributed by atoms with Gasteiger partial charge in [0.05, 0.1) is 11.0 Å². The van der Waals surface area contributed by atoms with Crippen LogP contribution in [0.2, 0.25) is 0 Å². The van der Waals surface area contributed by atoms with Crippen LogP contribution in [0.15, 0.2) is 54.6 Å². The molecule has 1 aromatic heterocycles. The molecule has 2 N–H and O–H groups in total. The molecule has 8 heteroatoms. The average molecular weight is 519 g/mol. The number of anilines is 1. The van der Waals surface area contributed by atoms with Crippen LogP contribution in [0, 0.1) is 0 Å². The van der Waals surface area contributed by atoms with Gasteiger partial charge in [0.1, 0.15) is 0 Å². The Kier molecular flexibility index (Phi) is 7.60. The molecule has 37 heavy (non-hydrogen) atoms. The van der Waals surface area contributed by atoms with E-state index in [0.29, 0.717) is 30.1 Å². The van der Waals surface area contributed by atoms with Crippen molar-refractivity contribution in [2.24, 2.45) is 0 Å². The monoisotopic (exact) mass is 518 g/mol. The molecule has 0 fully saturated rings. The number of nitrogens with one attached hydrogen (secondary N) is 1. The zero-order chi connectivity index (χ0) is 25.9. The fourth-order valence-corrected chi connectivity index (χ4v) is 6.15. The lowest BCUT2D eigenvalue weighted by Crippen LogP contribution is -2.41. The lowest BCUT2D eigenvalue weighted by molar-refractivity contribution is 0.0736. The molecule has 0 bridgehead atoms. The summed E-state index contributed by atoms with van der Waals surface area (Å²) in [6, 6.07) is 18.0. The molecule has 0 aliphatic carbocycles. The first kappa shape index (κ1) is 25.4. The molecule has 5 rings (SSSR count). The van der Waals surface area contributed by atoms with Gasteiger partial charge in [-0.3, -0.25) is 14.5 Å². The minimum absolute atomic E-state index is 0.0108. The van der Waals surface area contributed by atoms with E-state index >= 15 is 0 Å². The maximum Gasteiger partial charge on any atom is 0.261 e. The van der Waals surface area contributed by atoms with E-state index in [2.05, 4.69) is 34.5 Å². The number of rotatable bonds is 7. The number of hydrogen-bond donors (Lipinski definition) is 2. The molecular weight excluding hydrogens is 484 g/mol. The van der Waals surface area contributed by atoms with Gasteiger partial charge in [-0.25, -0.2) is 0 Å². The van der Waals surface area contributed by atoms with E-state index in [4.69, 9.17) is 0 Å². The number of aliphatic hydroxyl groups excluding tert-OH is 1. The first-order valence-corrected chi connectivity index (χ1v) is 13.6. The van der Waals surface area contributed by atoms with Gasteiger partial charge in [0.25, 0.3) is 11.8 Å². The van der Waals surface area contributed by atoms with Crippen molar-refractivity contribution in [2.45, 2.75) is 32.0 Å². The number of hydrogen-bond acceptors (Lipinski definition) is 6. The minimum Gasteiger partial charge on any atom is -0.390 e. The Bertz CT molecular complexity index is 1270. The van der Waals surface area contributed by atoms with Crippen LogP contribution in [0.3, 0.4) is 0 Å².